The van der Waals surface area contributed by atoms with E-state index < -0.39 is 6.51 Å². The third-order valence-corrected chi connectivity index (χ3v) is 72.3. The molecule has 0 bridgehead atoms. The van der Waals surface area contributed by atoms with Gasteiger partial charge in [0.15, 0.2) is 0 Å². The zero-order valence-electron chi connectivity index (χ0n) is 25.7. The second kappa shape index (κ2) is 3.55. The molecule has 5 unspecified atom stereocenters. The molecule has 0 radical (unpaired) electrons. The molecular weight excluding hydrogens is 674 g/mol. The van der Waals surface area contributed by atoms with Crippen LogP contribution in [0.4, 0.5) is 0 Å². The van der Waals surface area contributed by atoms with E-state index in [4.69, 9.17) is 0 Å². The molecule has 10 fully saturated rings. The van der Waals surface area contributed by atoms with Crippen LogP contribution in [0.5, 0.6) is 0 Å². The second-order valence-corrected chi connectivity index (χ2v) is 48.1. The molecule has 0 nitrogen and oxygen atoms in total. The molecule has 15 rings (SSSR count). The maximum Gasteiger partial charge on any atom is 0 e. The molecule has 1 spiro atoms. The summed E-state index contributed by atoms with van der Waals surface area (Å²) in [5.74, 6) is 0. The topological polar surface area (TPSA) is 0 Å². The number of benzene rings is 5. The smallest absolute Gasteiger partial charge is 0 e. The van der Waals surface area contributed by atoms with E-state index in [1.165, 1.54) is 76.2 Å². The van der Waals surface area contributed by atoms with Gasteiger partial charge in [-0.15, -0.1) is 0 Å². The third-order valence-electron chi connectivity index (χ3n) is 21.5. The van der Waals surface area contributed by atoms with E-state index in [-0.39, 0.29) is 28.3 Å². The fourth-order valence-corrected chi connectivity index (χ4v) is 117. The maximum atomic E-state index is 2.73. The Morgan fingerprint density at radius 3 is 1.60 bits per heavy atom. The largest absolute Gasteiger partial charge is 0 e. The SMILES string of the molecule is CC(C)(C)P(C(C)(C)C)[C]12[CH]3[CH]4[CH]5[C]1(c1cccc6cc7ccc8cc9ccccc9cc8c7cc16)[Fe]45321678[CH]2[CH]1[CH]6[CH]7[CH]28.[Pd]. The first kappa shape index (κ1) is 23.1. The second-order valence-electron chi connectivity index (χ2n) is 20.5. The van der Waals surface area contributed by atoms with Crippen LogP contribution in [-0.4, -0.2) is 14.4 Å². The number of rotatable bonds is 2. The fraction of sp³-hybridized carbons (Fsp3) is 0.450. The van der Waals surface area contributed by atoms with Crippen LogP contribution in [0, 0.1) is 0 Å². The maximum absolute atomic E-state index is 3.78. The zero-order valence-corrected chi connectivity index (χ0v) is 29.3. The first-order chi connectivity index (χ1) is 19.8. The van der Waals surface area contributed by atoms with Crippen molar-refractivity contribution in [1.29, 1.82) is 0 Å². The van der Waals surface area contributed by atoms with Crippen LogP contribution in [0.15, 0.2) is 78.9 Å². The molecule has 10 saturated heterocycles. The van der Waals surface area contributed by atoms with Crippen LogP contribution in [-0.2, 0) is 31.2 Å². The predicted molar refractivity (Wildman–Crippen MR) is 177 cm³/mol. The van der Waals surface area contributed by atoms with E-state index in [0.29, 0.717) is 14.6 Å². The number of hydrogen-bond donors (Lipinski definition) is 0. The molecular formula is C40H39FePPd. The van der Waals surface area contributed by atoms with E-state index in [1.54, 1.807) is 5.39 Å². The molecule has 3 heteroatoms. The average Bonchev–Trinajstić information content (AvgIpc) is 3.89. The van der Waals surface area contributed by atoms with Crippen LogP contribution < -0.4 is 0 Å². The first-order valence-corrected chi connectivity index (χ1v) is 24.2. The van der Waals surface area contributed by atoms with Gasteiger partial charge in [-0.25, -0.2) is 0 Å². The Kier molecular flexibility index (Phi) is 1.91. The molecule has 0 N–H and O–H groups in total. The summed E-state index contributed by atoms with van der Waals surface area (Å²) in [5, 5.41) is 12.5. The first-order valence-electron chi connectivity index (χ1n) is 16.6. The van der Waals surface area contributed by atoms with E-state index in [0.717, 1.165) is 4.05 Å². The van der Waals surface area contributed by atoms with Gasteiger partial charge in [-0.2, -0.15) is 0 Å². The summed E-state index contributed by atoms with van der Waals surface area (Å²) in [4.78, 5) is 10.4. The summed E-state index contributed by atoms with van der Waals surface area (Å²) in [7, 11) is -0.0705. The zero-order chi connectivity index (χ0) is 27.9. The quantitative estimate of drug-likeness (QED) is 0.0740. The predicted octanol–water partition coefficient (Wildman–Crippen LogP) is 12.1. The van der Waals surface area contributed by atoms with E-state index in [1.807, 2.05) is 5.56 Å². The van der Waals surface area contributed by atoms with Crippen LogP contribution in [0.25, 0.3) is 43.1 Å². The van der Waals surface area contributed by atoms with E-state index in [2.05, 4.69) is 120 Å². The summed E-state index contributed by atoms with van der Waals surface area (Å²) in [5.41, 5.74) is 1.92. The van der Waals surface area contributed by atoms with Gasteiger partial charge < -0.3 is 0 Å². The van der Waals surface area contributed by atoms with Crippen molar-refractivity contribution < 1.29 is 26.9 Å². The van der Waals surface area contributed by atoms with E-state index in [9.17, 15) is 0 Å². The molecule has 10 heterocycles. The molecule has 5 aromatic rings. The van der Waals surface area contributed by atoms with Gasteiger partial charge in [0.2, 0.25) is 0 Å². The van der Waals surface area contributed by atoms with E-state index >= 15 is 0 Å². The molecule has 5 aromatic carbocycles. The minimum absolute atomic E-state index is 0. The molecule has 10 aliphatic rings. The van der Waals surface area contributed by atoms with Crippen molar-refractivity contribution in [3.8, 4) is 0 Å². The Bertz CT molecular complexity index is 2690. The summed E-state index contributed by atoms with van der Waals surface area (Å²) in [6.45, 7) is 12.3. The number of fused-ring (bicyclic) bond motifs is 15. The minimum atomic E-state index is -3.78. The molecule has 0 amide bonds. The molecule has 43 heavy (non-hydrogen) atoms. The molecule has 0 aromatic heterocycles. The van der Waals surface area contributed by atoms with Crippen LogP contribution >= 0.6 is 7.92 Å². The average molecular weight is 713 g/mol. The molecule has 222 valence electrons. The van der Waals surface area contributed by atoms with Crippen molar-refractivity contribution in [1.82, 2.24) is 0 Å². The monoisotopic (exact) mass is 712 g/mol. The summed E-state index contributed by atoms with van der Waals surface area (Å²) in [6.07, 6.45) is 0. The van der Waals surface area contributed by atoms with Crippen molar-refractivity contribution in [2.45, 2.75) is 98.8 Å². The van der Waals surface area contributed by atoms with Gasteiger partial charge in [0, 0.05) is 20.4 Å². The molecule has 0 saturated carbocycles. The Balaban J connectivity index is 0.00000209. The van der Waals surface area contributed by atoms with Crippen molar-refractivity contribution >= 4 is 51.0 Å². The van der Waals surface area contributed by atoms with Gasteiger partial charge >= 0.3 is 241 Å². The standard InChI is InChI=1S/C35H34P.C5H5.Fe.Pd/c1-34(2,3)36(35(4,5)6)33-16-10-15-29(33)28-14-9-13-25-20-27-18-17-26-19-23-11-7-8-12-24(23)21-30(26)32(27)22-31(25)28;1-2-4-5-3-1;;/h7-22H,1-6H3;1-5H;;. The Labute approximate surface area is 259 Å². The Hall–Kier alpha value is -1.25. The van der Waals surface area contributed by atoms with Gasteiger partial charge in [-0.05, 0) is 0 Å². The van der Waals surface area contributed by atoms with Gasteiger partial charge in [0.05, 0.1) is 0 Å². The summed E-state index contributed by atoms with van der Waals surface area (Å²) >= 11 is 0. The minimum Gasteiger partial charge on any atom is 0 e. The fourth-order valence-electron chi connectivity index (χ4n) is 23.6. The molecule has 10 aliphatic heterocycles. The molecule has 0 aliphatic carbocycles. The van der Waals surface area contributed by atoms with Gasteiger partial charge in [-0.1, -0.05) is 0 Å². The van der Waals surface area contributed by atoms with Gasteiger partial charge in [0.1, 0.15) is 0 Å². The third kappa shape index (κ3) is 0.646. The van der Waals surface area contributed by atoms with Crippen molar-refractivity contribution in [3.05, 3.63) is 84.4 Å². The normalized spacial score (nSPS) is 57.1. The Morgan fingerprint density at radius 1 is 0.535 bits per heavy atom. The van der Waals surface area contributed by atoms with Crippen molar-refractivity contribution in [3.63, 3.8) is 0 Å². The number of hydrogen-bond acceptors (Lipinski definition) is 0. The van der Waals surface area contributed by atoms with Crippen LogP contribution in [0.3, 0.4) is 0 Å². The summed E-state index contributed by atoms with van der Waals surface area (Å²) < 4.78 is 1.50. The van der Waals surface area contributed by atoms with Gasteiger partial charge in [-0.3, -0.25) is 0 Å². The van der Waals surface area contributed by atoms with Crippen molar-refractivity contribution in [2.24, 2.45) is 0 Å². The van der Waals surface area contributed by atoms with Crippen LogP contribution in [0.1, 0.15) is 47.1 Å². The Morgan fingerprint density at radius 2 is 1.05 bits per heavy atom. The van der Waals surface area contributed by atoms with Crippen LogP contribution in [0.2, 0.25) is 38.5 Å². The van der Waals surface area contributed by atoms with Gasteiger partial charge in [0.25, 0.3) is 0 Å². The summed E-state index contributed by atoms with van der Waals surface area (Å²) in [6, 6.07) is 31.5. The molecule has 5 atom stereocenters. The van der Waals surface area contributed by atoms with Crippen molar-refractivity contribution in [2.75, 3.05) is 0 Å².